The molecule has 1 amide bonds. The van der Waals surface area contributed by atoms with Gasteiger partial charge in [-0.2, -0.15) is 0 Å². The zero-order valence-electron chi connectivity index (χ0n) is 14.0. The van der Waals surface area contributed by atoms with Gasteiger partial charge in [0.05, 0.1) is 11.5 Å². The second-order valence-electron chi connectivity index (χ2n) is 5.07. The summed E-state index contributed by atoms with van der Waals surface area (Å²) in [5.41, 5.74) is 0.844. The van der Waals surface area contributed by atoms with E-state index in [1.807, 2.05) is 0 Å². The number of carbonyl (C=O) groups excluding carboxylic acids is 2. The Hall–Kier alpha value is -3.13. The van der Waals surface area contributed by atoms with E-state index >= 15 is 0 Å². The third-order valence-electron chi connectivity index (χ3n) is 3.12. The van der Waals surface area contributed by atoms with Crippen molar-refractivity contribution in [3.8, 4) is 0 Å². The van der Waals surface area contributed by atoms with Crippen LogP contribution in [0.25, 0.3) is 0 Å². The number of para-hydroxylation sites is 1. The second kappa shape index (κ2) is 8.82. The van der Waals surface area contributed by atoms with E-state index in [4.69, 9.17) is 0 Å². The molecule has 26 heavy (non-hydrogen) atoms. The number of nitrogens with one attached hydrogen (secondary N) is 2. The quantitative estimate of drug-likeness (QED) is 0.573. The lowest BCUT2D eigenvalue weighted by molar-refractivity contribution is -0.137. The SMILES string of the molecule is CCOC(=O)/C=C/C(=O)Nc1ccc(S(=O)(=O)Nc2ccccc2)cc1. The molecule has 0 aliphatic carbocycles. The Labute approximate surface area is 151 Å². The number of anilines is 2. The van der Waals surface area contributed by atoms with E-state index in [2.05, 4.69) is 14.8 Å². The maximum absolute atomic E-state index is 12.3. The van der Waals surface area contributed by atoms with Gasteiger partial charge in [0.1, 0.15) is 0 Å². The Kier molecular flexibility index (Phi) is 6.51. The van der Waals surface area contributed by atoms with Gasteiger partial charge in [0, 0.05) is 23.5 Å². The molecule has 136 valence electrons. The Morgan fingerprint density at radius 2 is 1.62 bits per heavy atom. The van der Waals surface area contributed by atoms with Crippen molar-refractivity contribution in [3.05, 3.63) is 66.7 Å². The Bertz CT molecular complexity index is 891. The zero-order chi connectivity index (χ0) is 19.0. The number of rotatable bonds is 7. The average Bonchev–Trinajstić information content (AvgIpc) is 2.61. The second-order valence-corrected chi connectivity index (χ2v) is 6.75. The standard InChI is InChI=1S/C18H18N2O5S/c1-2-25-18(22)13-12-17(21)19-14-8-10-16(11-9-14)26(23,24)20-15-6-4-3-5-7-15/h3-13,20H,2H2,1H3,(H,19,21)/b13-12+. The van der Waals surface area contributed by atoms with Gasteiger partial charge in [0.2, 0.25) is 5.91 Å². The number of amides is 1. The summed E-state index contributed by atoms with van der Waals surface area (Å²) in [6.07, 6.45) is 2.06. The molecule has 7 nitrogen and oxygen atoms in total. The van der Waals surface area contributed by atoms with Crippen molar-refractivity contribution in [2.75, 3.05) is 16.6 Å². The highest BCUT2D eigenvalue weighted by Crippen LogP contribution is 2.18. The summed E-state index contributed by atoms with van der Waals surface area (Å²) in [6, 6.07) is 14.2. The van der Waals surface area contributed by atoms with Gasteiger partial charge in [0.25, 0.3) is 10.0 Å². The van der Waals surface area contributed by atoms with Crippen LogP contribution in [0.15, 0.2) is 71.6 Å². The predicted octanol–water partition coefficient (Wildman–Crippen LogP) is 2.55. The first-order valence-corrected chi connectivity index (χ1v) is 9.23. The predicted molar refractivity (Wildman–Crippen MR) is 98.1 cm³/mol. The molecule has 0 saturated carbocycles. The molecule has 0 aromatic heterocycles. The molecular weight excluding hydrogens is 356 g/mol. The van der Waals surface area contributed by atoms with Crippen molar-refractivity contribution in [1.82, 2.24) is 0 Å². The van der Waals surface area contributed by atoms with Crippen LogP contribution in [0.4, 0.5) is 11.4 Å². The fraction of sp³-hybridized carbons (Fsp3) is 0.111. The van der Waals surface area contributed by atoms with E-state index in [1.54, 1.807) is 37.3 Å². The van der Waals surface area contributed by atoms with E-state index in [1.165, 1.54) is 24.3 Å². The van der Waals surface area contributed by atoms with Crippen molar-refractivity contribution in [2.24, 2.45) is 0 Å². The first kappa shape index (κ1) is 19.2. The van der Waals surface area contributed by atoms with Crippen LogP contribution in [0.3, 0.4) is 0 Å². The molecule has 2 N–H and O–H groups in total. The molecule has 0 atom stereocenters. The Morgan fingerprint density at radius 1 is 0.962 bits per heavy atom. The minimum absolute atomic E-state index is 0.0569. The van der Waals surface area contributed by atoms with Gasteiger partial charge in [-0.3, -0.25) is 9.52 Å². The molecule has 0 spiro atoms. The molecule has 8 heteroatoms. The summed E-state index contributed by atoms with van der Waals surface area (Å²) in [5.74, 6) is -1.15. The molecule has 0 unspecified atom stereocenters. The summed E-state index contributed by atoms with van der Waals surface area (Å²) < 4.78 is 31.8. The Balaban J connectivity index is 2.01. The molecular formula is C18H18N2O5S. The summed E-state index contributed by atoms with van der Waals surface area (Å²) in [4.78, 5) is 22.9. The van der Waals surface area contributed by atoms with Crippen LogP contribution >= 0.6 is 0 Å². The summed E-state index contributed by atoms with van der Waals surface area (Å²) >= 11 is 0. The van der Waals surface area contributed by atoms with Crippen LogP contribution in [0.2, 0.25) is 0 Å². The molecule has 0 aliphatic heterocycles. The van der Waals surface area contributed by atoms with Crippen LogP contribution in [0.1, 0.15) is 6.92 Å². The molecule has 0 radical (unpaired) electrons. The zero-order valence-corrected chi connectivity index (χ0v) is 14.8. The first-order valence-electron chi connectivity index (χ1n) is 7.74. The van der Waals surface area contributed by atoms with Crippen molar-refractivity contribution in [1.29, 1.82) is 0 Å². The van der Waals surface area contributed by atoms with Gasteiger partial charge < -0.3 is 10.1 Å². The van der Waals surface area contributed by atoms with Gasteiger partial charge >= 0.3 is 5.97 Å². The van der Waals surface area contributed by atoms with Gasteiger partial charge in [-0.25, -0.2) is 13.2 Å². The van der Waals surface area contributed by atoms with Crippen LogP contribution in [-0.4, -0.2) is 26.9 Å². The fourth-order valence-corrected chi connectivity index (χ4v) is 3.01. The highest BCUT2D eigenvalue weighted by atomic mass is 32.2. The number of hydrogen-bond donors (Lipinski definition) is 2. The summed E-state index contributed by atoms with van der Waals surface area (Å²) in [6.45, 7) is 1.88. The maximum Gasteiger partial charge on any atom is 0.330 e. The maximum atomic E-state index is 12.3. The first-order chi connectivity index (χ1) is 12.4. The lowest BCUT2D eigenvalue weighted by Gasteiger charge is -2.09. The van der Waals surface area contributed by atoms with E-state index < -0.39 is 21.9 Å². The number of hydrogen-bond acceptors (Lipinski definition) is 5. The number of carbonyl (C=O) groups is 2. The normalized spacial score (nSPS) is 11.1. The molecule has 2 aromatic rings. The number of ether oxygens (including phenoxy) is 1. The third-order valence-corrected chi connectivity index (χ3v) is 4.51. The van der Waals surface area contributed by atoms with Crippen molar-refractivity contribution < 1.29 is 22.7 Å². The minimum Gasteiger partial charge on any atom is -0.463 e. The molecule has 2 rings (SSSR count). The van der Waals surface area contributed by atoms with Crippen LogP contribution in [-0.2, 0) is 24.3 Å². The van der Waals surface area contributed by atoms with Gasteiger partial charge in [-0.1, -0.05) is 18.2 Å². The van der Waals surface area contributed by atoms with E-state index in [-0.39, 0.29) is 11.5 Å². The third kappa shape index (κ3) is 5.75. The monoisotopic (exact) mass is 374 g/mol. The minimum atomic E-state index is -3.72. The molecule has 0 fully saturated rings. The Morgan fingerprint density at radius 3 is 2.23 bits per heavy atom. The molecule has 0 saturated heterocycles. The molecule has 0 aliphatic rings. The topological polar surface area (TPSA) is 102 Å². The van der Waals surface area contributed by atoms with Crippen LogP contribution < -0.4 is 10.0 Å². The van der Waals surface area contributed by atoms with Crippen LogP contribution in [0, 0.1) is 0 Å². The average molecular weight is 374 g/mol. The molecule has 2 aromatic carbocycles. The highest BCUT2D eigenvalue weighted by molar-refractivity contribution is 7.92. The number of benzene rings is 2. The van der Waals surface area contributed by atoms with Gasteiger partial charge in [0.15, 0.2) is 0 Å². The lowest BCUT2D eigenvalue weighted by Crippen LogP contribution is -2.13. The van der Waals surface area contributed by atoms with Crippen molar-refractivity contribution in [3.63, 3.8) is 0 Å². The van der Waals surface area contributed by atoms with Crippen molar-refractivity contribution in [2.45, 2.75) is 11.8 Å². The van der Waals surface area contributed by atoms with E-state index in [0.717, 1.165) is 12.2 Å². The van der Waals surface area contributed by atoms with Crippen molar-refractivity contribution >= 4 is 33.3 Å². The molecule has 0 bridgehead atoms. The van der Waals surface area contributed by atoms with E-state index in [9.17, 15) is 18.0 Å². The molecule has 0 heterocycles. The smallest absolute Gasteiger partial charge is 0.330 e. The summed E-state index contributed by atoms with van der Waals surface area (Å²) in [5, 5.41) is 2.52. The van der Waals surface area contributed by atoms with Gasteiger partial charge in [-0.15, -0.1) is 0 Å². The summed E-state index contributed by atoms with van der Waals surface area (Å²) in [7, 11) is -3.72. The number of sulfonamides is 1. The fourth-order valence-electron chi connectivity index (χ4n) is 1.96. The largest absolute Gasteiger partial charge is 0.463 e. The van der Waals surface area contributed by atoms with Crippen LogP contribution in [0.5, 0.6) is 0 Å². The van der Waals surface area contributed by atoms with E-state index in [0.29, 0.717) is 11.4 Å². The number of esters is 1. The highest BCUT2D eigenvalue weighted by Gasteiger charge is 2.14. The lowest BCUT2D eigenvalue weighted by atomic mass is 10.3. The van der Waals surface area contributed by atoms with Gasteiger partial charge in [-0.05, 0) is 43.3 Å².